The standard InChI is InChI=1S/C20H29BN2O5.C17H25BN2O5S.C17H22BNO4S.2C16H27BN2O4.C16H20BNO4/c1-15(24)12-18-8-5-9-19(21(26)28-18)23-20(25)14-16-6-4-7-17(13-16)27-11-3-2-10-22;1-12(21)9-13-3-2-4-16(18(23)25-13)20-17(22)10-14-5-6-15(26-14)11-24-8-7-19;1-11(20)8-15-14-6-2-4-12(14)9-16(18(22)23-15)19-17(21)10-13-5-3-7-24-13;1-11(20)9-14-3-2-4-15(17(22)23-14)19-16(21)10-12-5-7-13(18)8-6-12;1-12(20)10-13-6-5-7-14(17(22)23-13)19-15(21)11-16(18)8-3-2-4-9-16;1-12(19)10-14-8-5-9-15(17(21)22-14)18-16(20)11-13-6-3-2-4-7-13/h4-8,13,18-19,26H,2-3,9-12,14,22H2,1H3,(H,23,25);2-3,5-6,13,16,23H,4,7-11,19H2,1H3,(H,20,22);3,5,7,15-16,22H,2,4,6,8-10H2,1H3,(H,19,21);2-3,12-15,22H,4-10,18H2,1H3,(H,19,21);5-6,13-14,22H,2-4,7-11,18H2,1H3,(H,19,21);2-8,14-15,21H,9-11H2,1H3,(H,18,20)/t18-,19+;13-,16+;15-,16-;12?,13?,14-,15+;13-,14+;14-,15+/m110111/s1. The van der Waals surface area contributed by atoms with Gasteiger partial charge in [-0.15, -0.1) is 22.7 Å². The molecule has 2 aromatic carbocycles. The van der Waals surface area contributed by atoms with Crippen molar-refractivity contribution in [2.75, 3.05) is 26.3 Å². The Morgan fingerprint density at radius 3 is 1.29 bits per heavy atom. The first kappa shape index (κ1) is 122. The smallest absolute Gasteiger partial charge is 0.478 e. The Balaban J connectivity index is 0.000000214. The maximum atomic E-state index is 12.4. The van der Waals surface area contributed by atoms with Gasteiger partial charge in [0.05, 0.1) is 118 Å². The van der Waals surface area contributed by atoms with Gasteiger partial charge in [-0.25, -0.2) is 0 Å². The van der Waals surface area contributed by atoms with E-state index in [1.807, 2.05) is 115 Å². The molecule has 13 rings (SSSR count). The summed E-state index contributed by atoms with van der Waals surface area (Å²) in [4.78, 5) is 144. The van der Waals surface area contributed by atoms with Gasteiger partial charge in [-0.1, -0.05) is 134 Å². The predicted molar refractivity (Wildman–Crippen MR) is 563 cm³/mol. The van der Waals surface area contributed by atoms with Crippen LogP contribution in [0.15, 0.2) is 156 Å². The molecule has 794 valence electrons. The third-order valence-corrected chi connectivity index (χ3v) is 27.3. The second kappa shape index (κ2) is 65.6. The van der Waals surface area contributed by atoms with Gasteiger partial charge in [0.25, 0.3) is 0 Å². The number of ether oxygens (including phenoxy) is 2. The number of thiophene rings is 2. The summed E-state index contributed by atoms with van der Waals surface area (Å²) in [5.41, 5.74) is 26.7. The maximum absolute atomic E-state index is 12.4. The Hall–Kier alpha value is -9.37. The lowest BCUT2D eigenvalue weighted by Gasteiger charge is -2.33. The van der Waals surface area contributed by atoms with E-state index in [0.29, 0.717) is 90.2 Å². The Labute approximate surface area is 867 Å². The summed E-state index contributed by atoms with van der Waals surface area (Å²) in [7, 11) is -6.76. The lowest BCUT2D eigenvalue weighted by atomic mass is 9.75. The molecule has 146 heavy (non-hydrogen) atoms. The zero-order valence-corrected chi connectivity index (χ0v) is 86.7. The van der Waals surface area contributed by atoms with Crippen molar-refractivity contribution >= 4 is 136 Å². The van der Waals surface area contributed by atoms with E-state index in [9.17, 15) is 87.7 Å². The van der Waals surface area contributed by atoms with E-state index < -0.39 is 114 Å². The molecule has 6 aliphatic heterocycles. The first-order valence-corrected chi connectivity index (χ1v) is 52.7. The summed E-state index contributed by atoms with van der Waals surface area (Å²) in [6.45, 7) is 11.7. The van der Waals surface area contributed by atoms with Crippen molar-refractivity contribution in [3.05, 3.63) is 182 Å². The normalized spacial score (nSPS) is 23.6. The van der Waals surface area contributed by atoms with Gasteiger partial charge in [0, 0.05) is 84.1 Å². The summed E-state index contributed by atoms with van der Waals surface area (Å²) in [6.07, 6.45) is 35.1. The second-order valence-electron chi connectivity index (χ2n) is 38.9. The van der Waals surface area contributed by atoms with Gasteiger partial charge >= 0.3 is 42.7 Å². The molecule has 8 heterocycles. The van der Waals surface area contributed by atoms with Crippen LogP contribution in [0, 0.1) is 5.92 Å². The molecular formula is C102H150B6N10O26S2. The van der Waals surface area contributed by atoms with Gasteiger partial charge in [-0.3, -0.25) is 57.5 Å². The summed E-state index contributed by atoms with van der Waals surface area (Å²) < 4.78 is 44.1. The van der Waals surface area contributed by atoms with E-state index in [0.717, 1.165) is 121 Å². The Morgan fingerprint density at radius 1 is 0.418 bits per heavy atom. The summed E-state index contributed by atoms with van der Waals surface area (Å²) in [6, 6.07) is 24.7. The number of amides is 6. The molecule has 0 spiro atoms. The number of hydrogen-bond acceptors (Lipinski definition) is 32. The highest BCUT2D eigenvalue weighted by atomic mass is 32.1. The van der Waals surface area contributed by atoms with Crippen LogP contribution in [0.25, 0.3) is 0 Å². The minimum absolute atomic E-state index is 0.00305. The molecule has 3 aliphatic carbocycles. The Morgan fingerprint density at radius 2 is 0.842 bits per heavy atom. The monoisotopic (exact) mass is 2060 g/mol. The second-order valence-corrected chi connectivity index (χ2v) is 41.2. The highest BCUT2D eigenvalue weighted by Crippen LogP contribution is 2.38. The van der Waals surface area contributed by atoms with E-state index in [1.165, 1.54) is 76.2 Å². The molecule has 0 radical (unpaired) electrons. The number of carbonyl (C=O) groups excluding carboxylic acids is 12. The van der Waals surface area contributed by atoms with Crippen LogP contribution in [-0.2, 0) is 122 Å². The first-order valence-electron chi connectivity index (χ1n) is 51.0. The molecule has 44 heteroatoms. The summed E-state index contributed by atoms with van der Waals surface area (Å²) in [5.74, 6) is -2.85. The number of carbonyl (C=O) groups is 12. The fraction of sp³-hybridized carbons (Fsp3) is 0.569. The quantitative estimate of drug-likeness (QED) is 0.0129. The molecule has 12 atom stereocenters. The fourth-order valence-corrected chi connectivity index (χ4v) is 19.8. The van der Waals surface area contributed by atoms with Gasteiger partial charge in [0.15, 0.2) is 0 Å². The van der Waals surface area contributed by atoms with Crippen LogP contribution in [0.4, 0.5) is 0 Å². The molecule has 2 saturated carbocycles. The minimum Gasteiger partial charge on any atom is -0.494 e. The molecule has 36 nitrogen and oxygen atoms in total. The highest BCUT2D eigenvalue weighted by Gasteiger charge is 2.42. The maximum Gasteiger partial charge on any atom is 0.478 e. The van der Waals surface area contributed by atoms with E-state index in [1.54, 1.807) is 30.4 Å². The van der Waals surface area contributed by atoms with Crippen LogP contribution in [0.2, 0.25) is 0 Å². The van der Waals surface area contributed by atoms with Crippen LogP contribution in [-0.4, -0.2) is 253 Å². The molecule has 9 aliphatic rings. The minimum atomic E-state index is -1.17. The number of Topliss-reactive ketones (excluding diaryl/α,β-unsaturated/α-hetero) is 6. The average Bonchev–Trinajstić information content (AvgIpc) is 1.72. The van der Waals surface area contributed by atoms with E-state index in [-0.39, 0.29) is 146 Å². The van der Waals surface area contributed by atoms with E-state index in [2.05, 4.69) is 31.9 Å². The molecule has 0 bridgehead atoms. The molecule has 20 N–H and O–H groups in total. The fourth-order valence-electron chi connectivity index (χ4n) is 18.1. The molecule has 0 unspecified atom stereocenters. The third kappa shape index (κ3) is 47.6. The van der Waals surface area contributed by atoms with E-state index >= 15 is 0 Å². The Bertz CT molecular complexity index is 4970. The number of hydrogen-bond donors (Lipinski definition) is 16. The SMILES string of the molecule is CC(=O)C[C@@H]1OB(O)[C@@H](NC(=O)Cc2cccs2)CC2=C1CCC2.CC(=O)C[C@H]1C=CC[C@H](NC(=O)CC2(N)CCCCC2)B(O)O1.CC(=O)C[C@H]1C=CC[C@H](NC(=O)CC2CCC(N)CC2)B(O)O1.CC(=O)C[C@H]1C=CC[C@H](NC(=O)Cc2ccc(COCCN)s2)B(O)O1.CC(=O)C[C@H]1C=CC[C@H](NC(=O)Cc2cccc(OCCCCN)c2)B(O)O1.CC(=O)C[C@H]1C=CC[C@H](NC(=O)Cc2ccccc2)B(O)O1. The van der Waals surface area contributed by atoms with Crippen molar-refractivity contribution < 1.29 is 125 Å². The average molecular weight is 2060 g/mol. The van der Waals surface area contributed by atoms with Crippen molar-refractivity contribution in [1.82, 2.24) is 31.9 Å². The van der Waals surface area contributed by atoms with Crippen molar-refractivity contribution in [2.24, 2.45) is 28.9 Å². The van der Waals surface area contributed by atoms with Gasteiger partial charge in [-0.05, 0) is 216 Å². The molecule has 2 aromatic heterocycles. The number of unbranched alkanes of at least 4 members (excludes halogenated alkanes) is 1. The highest BCUT2D eigenvalue weighted by molar-refractivity contribution is 7.12. The van der Waals surface area contributed by atoms with Crippen LogP contribution in [0.5, 0.6) is 5.75 Å². The van der Waals surface area contributed by atoms with Crippen LogP contribution in [0.3, 0.4) is 0 Å². The van der Waals surface area contributed by atoms with Crippen LogP contribution >= 0.6 is 22.7 Å². The number of ketones is 6. The molecule has 0 saturated heterocycles. The Kier molecular flexibility index (Phi) is 54.7. The van der Waals surface area contributed by atoms with Crippen LogP contribution < -0.4 is 59.6 Å². The number of rotatable bonds is 39. The molecular weight excluding hydrogens is 1910 g/mol. The van der Waals surface area contributed by atoms with Crippen LogP contribution in [0.1, 0.15) is 247 Å². The van der Waals surface area contributed by atoms with Crippen molar-refractivity contribution in [2.45, 2.75) is 337 Å². The van der Waals surface area contributed by atoms with E-state index in [4.69, 9.17) is 60.3 Å². The predicted octanol–water partition coefficient (Wildman–Crippen LogP) is 6.46. The molecule has 6 amide bonds. The number of nitrogens with two attached hydrogens (primary N) is 4. The topological polar surface area (TPSA) is 576 Å². The summed E-state index contributed by atoms with van der Waals surface area (Å²) in [5, 5.41) is 80.0. The lowest BCUT2D eigenvalue weighted by molar-refractivity contribution is -0.123. The molecule has 2 fully saturated rings. The first-order chi connectivity index (χ1) is 69.8. The zero-order valence-electron chi connectivity index (χ0n) is 85.0. The van der Waals surface area contributed by atoms with Crippen molar-refractivity contribution in [3.63, 3.8) is 0 Å². The van der Waals surface area contributed by atoms with Gasteiger partial charge in [-0.2, -0.15) is 0 Å². The third-order valence-electron chi connectivity index (χ3n) is 25.4. The number of nitrogens with one attached hydrogen (secondary N) is 6. The zero-order chi connectivity index (χ0) is 106. The van der Waals surface area contributed by atoms with Crippen molar-refractivity contribution in [3.8, 4) is 5.75 Å². The van der Waals surface area contributed by atoms with Gasteiger partial charge in [0.2, 0.25) is 35.4 Å². The largest absolute Gasteiger partial charge is 0.494 e. The van der Waals surface area contributed by atoms with Gasteiger partial charge in [0.1, 0.15) is 40.4 Å². The lowest BCUT2D eigenvalue weighted by Crippen LogP contribution is -2.52. The van der Waals surface area contributed by atoms with Gasteiger partial charge < -0.3 is 122 Å². The molecule has 4 aromatic rings. The van der Waals surface area contributed by atoms with Crippen molar-refractivity contribution in [1.29, 1.82) is 0 Å². The number of benzene rings is 2. The summed E-state index contributed by atoms with van der Waals surface area (Å²) >= 11 is 3.05.